The topological polar surface area (TPSA) is 41.6 Å². The number of guanidine groups is 1. The molecule has 17 heavy (non-hydrogen) atoms. The summed E-state index contributed by atoms with van der Waals surface area (Å²) < 4.78 is 35.4. The van der Waals surface area contributed by atoms with Crippen molar-refractivity contribution >= 4 is 29.9 Å². The van der Waals surface area contributed by atoms with Gasteiger partial charge < -0.3 is 10.6 Å². The first kappa shape index (κ1) is 16.8. The van der Waals surface area contributed by atoms with Crippen LogP contribution in [0.2, 0.25) is 0 Å². The number of nitrogens with two attached hydrogens (primary N) is 1. The van der Waals surface area contributed by atoms with Crippen LogP contribution in [0.25, 0.3) is 0 Å². The molecule has 1 saturated carbocycles. The lowest BCUT2D eigenvalue weighted by Crippen LogP contribution is -2.35. The molecule has 1 aliphatic carbocycles. The zero-order valence-electron chi connectivity index (χ0n) is 9.83. The molecule has 0 spiro atoms. The van der Waals surface area contributed by atoms with Crippen LogP contribution in [0.15, 0.2) is 4.99 Å². The van der Waals surface area contributed by atoms with E-state index in [1.54, 1.807) is 0 Å². The van der Waals surface area contributed by atoms with Gasteiger partial charge in [-0.3, -0.25) is 4.99 Å². The van der Waals surface area contributed by atoms with Crippen molar-refractivity contribution in [3.8, 4) is 0 Å². The second-order valence-corrected chi connectivity index (χ2v) is 4.15. The second-order valence-electron chi connectivity index (χ2n) is 4.15. The first-order valence-corrected chi connectivity index (χ1v) is 5.49. The van der Waals surface area contributed by atoms with Crippen LogP contribution in [0.5, 0.6) is 0 Å². The summed E-state index contributed by atoms with van der Waals surface area (Å²) >= 11 is 0. The van der Waals surface area contributed by atoms with Gasteiger partial charge in [-0.15, -0.1) is 24.0 Å². The summed E-state index contributed by atoms with van der Waals surface area (Å²) in [7, 11) is 1.87. The van der Waals surface area contributed by atoms with E-state index in [2.05, 4.69) is 4.99 Å². The fourth-order valence-electron chi connectivity index (χ4n) is 1.39. The van der Waals surface area contributed by atoms with E-state index in [1.165, 1.54) is 0 Å². The monoisotopic (exact) mass is 365 g/mol. The molecule has 0 unspecified atom stereocenters. The molecule has 0 atom stereocenters. The highest BCUT2D eigenvalue weighted by molar-refractivity contribution is 14.0. The maximum absolute atomic E-state index is 11.8. The number of nitrogens with zero attached hydrogens (tertiary/aromatic N) is 2. The van der Waals surface area contributed by atoms with Gasteiger partial charge in [-0.25, -0.2) is 0 Å². The van der Waals surface area contributed by atoms with Crippen molar-refractivity contribution in [2.24, 2.45) is 10.7 Å². The molecule has 0 bridgehead atoms. The van der Waals surface area contributed by atoms with Gasteiger partial charge in [-0.1, -0.05) is 0 Å². The van der Waals surface area contributed by atoms with Gasteiger partial charge in [-0.05, 0) is 25.7 Å². The van der Waals surface area contributed by atoms with Crippen LogP contribution in [-0.2, 0) is 0 Å². The summed E-state index contributed by atoms with van der Waals surface area (Å²) in [6.45, 7) is 0.374. The van der Waals surface area contributed by atoms with Crippen LogP contribution in [0.4, 0.5) is 13.2 Å². The van der Waals surface area contributed by atoms with Gasteiger partial charge >= 0.3 is 6.18 Å². The van der Waals surface area contributed by atoms with Gasteiger partial charge in [0.05, 0.1) is 0 Å². The van der Waals surface area contributed by atoms with E-state index in [9.17, 15) is 13.2 Å². The Hall–Kier alpha value is -0.210. The van der Waals surface area contributed by atoms with Crippen molar-refractivity contribution < 1.29 is 13.2 Å². The summed E-state index contributed by atoms with van der Waals surface area (Å²) in [5.74, 6) is 0.439. The van der Waals surface area contributed by atoms with Crippen LogP contribution < -0.4 is 5.73 Å². The number of unbranched alkanes of at least 4 members (excludes halogenated alkanes) is 1. The predicted octanol–water partition coefficient (Wildman–Crippen LogP) is 2.75. The number of hydrogen-bond donors (Lipinski definition) is 1. The Balaban J connectivity index is 0.00000256. The fourth-order valence-corrected chi connectivity index (χ4v) is 1.39. The quantitative estimate of drug-likeness (QED) is 0.352. The molecule has 0 aromatic rings. The molecular formula is C10H19F3IN3. The highest BCUT2D eigenvalue weighted by atomic mass is 127. The van der Waals surface area contributed by atoms with E-state index in [0.29, 0.717) is 25.0 Å². The Bertz CT molecular complexity index is 252. The second kappa shape index (κ2) is 7.27. The molecule has 1 rings (SSSR count). The van der Waals surface area contributed by atoms with Gasteiger partial charge in [-0.2, -0.15) is 13.2 Å². The number of rotatable bonds is 5. The highest BCUT2D eigenvalue weighted by Gasteiger charge is 2.27. The van der Waals surface area contributed by atoms with Crippen molar-refractivity contribution in [3.05, 3.63) is 0 Å². The van der Waals surface area contributed by atoms with Gasteiger partial charge in [0.25, 0.3) is 0 Å². The van der Waals surface area contributed by atoms with Gasteiger partial charge in [0.1, 0.15) is 0 Å². The number of halogens is 4. The van der Waals surface area contributed by atoms with E-state index in [-0.39, 0.29) is 30.4 Å². The average Bonchev–Trinajstić information content (AvgIpc) is 2.97. The van der Waals surface area contributed by atoms with Gasteiger partial charge in [0.2, 0.25) is 0 Å². The standard InChI is InChI=1S/C10H18F3N3.HI/c1-16(8-4-5-8)9(14)15-7-3-2-6-10(11,12)13;/h8H,2-7H2,1H3,(H2,14,15);1H. The minimum Gasteiger partial charge on any atom is -0.370 e. The molecular weight excluding hydrogens is 346 g/mol. The summed E-state index contributed by atoms with van der Waals surface area (Å²) in [5.41, 5.74) is 5.68. The van der Waals surface area contributed by atoms with Crippen molar-refractivity contribution in [3.63, 3.8) is 0 Å². The first-order chi connectivity index (χ1) is 7.40. The summed E-state index contributed by atoms with van der Waals surface area (Å²) in [6, 6.07) is 0.485. The van der Waals surface area contributed by atoms with Gasteiger partial charge in [0.15, 0.2) is 5.96 Å². The summed E-state index contributed by atoms with van der Waals surface area (Å²) in [6.07, 6.45) is -1.99. The van der Waals surface area contributed by atoms with Crippen molar-refractivity contribution in [1.82, 2.24) is 4.90 Å². The van der Waals surface area contributed by atoms with Crippen molar-refractivity contribution in [2.75, 3.05) is 13.6 Å². The van der Waals surface area contributed by atoms with E-state index in [4.69, 9.17) is 5.73 Å². The molecule has 102 valence electrons. The maximum atomic E-state index is 11.8. The minimum atomic E-state index is -4.06. The Morgan fingerprint density at radius 2 is 1.94 bits per heavy atom. The van der Waals surface area contributed by atoms with Crippen LogP contribution >= 0.6 is 24.0 Å². The van der Waals surface area contributed by atoms with Crippen molar-refractivity contribution in [1.29, 1.82) is 0 Å². The third-order valence-corrected chi connectivity index (χ3v) is 2.60. The third-order valence-electron chi connectivity index (χ3n) is 2.60. The Kier molecular flexibility index (Phi) is 7.18. The molecule has 0 heterocycles. The van der Waals surface area contributed by atoms with Crippen LogP contribution in [0.3, 0.4) is 0 Å². The number of aliphatic imine (C=N–C) groups is 1. The minimum absolute atomic E-state index is 0. The van der Waals surface area contributed by atoms with E-state index >= 15 is 0 Å². The molecule has 2 N–H and O–H groups in total. The van der Waals surface area contributed by atoms with E-state index in [0.717, 1.165) is 12.8 Å². The molecule has 0 aromatic carbocycles. The zero-order chi connectivity index (χ0) is 12.2. The Labute approximate surface area is 117 Å². The zero-order valence-corrected chi connectivity index (χ0v) is 12.2. The van der Waals surface area contributed by atoms with Crippen LogP contribution in [0.1, 0.15) is 32.1 Å². The lowest BCUT2D eigenvalue weighted by atomic mass is 10.2. The van der Waals surface area contributed by atoms with Crippen LogP contribution in [-0.4, -0.2) is 36.7 Å². The Morgan fingerprint density at radius 3 is 2.41 bits per heavy atom. The molecule has 0 saturated heterocycles. The van der Waals surface area contributed by atoms with E-state index < -0.39 is 12.6 Å². The largest absolute Gasteiger partial charge is 0.389 e. The lowest BCUT2D eigenvalue weighted by molar-refractivity contribution is -0.135. The predicted molar refractivity (Wildman–Crippen MR) is 72.6 cm³/mol. The average molecular weight is 365 g/mol. The van der Waals surface area contributed by atoms with Crippen LogP contribution in [0, 0.1) is 0 Å². The molecule has 1 fully saturated rings. The smallest absolute Gasteiger partial charge is 0.370 e. The van der Waals surface area contributed by atoms with Gasteiger partial charge in [0, 0.05) is 26.1 Å². The molecule has 3 nitrogen and oxygen atoms in total. The normalized spacial score (nSPS) is 16.6. The summed E-state index contributed by atoms with van der Waals surface area (Å²) in [5, 5.41) is 0. The molecule has 0 amide bonds. The molecule has 1 aliphatic rings. The highest BCUT2D eigenvalue weighted by Crippen LogP contribution is 2.25. The lowest BCUT2D eigenvalue weighted by Gasteiger charge is -2.16. The van der Waals surface area contributed by atoms with E-state index in [1.807, 2.05) is 11.9 Å². The molecule has 0 radical (unpaired) electrons. The SMILES string of the molecule is CN(C(N)=NCCCCC(F)(F)F)C1CC1.I. The molecule has 0 aromatic heterocycles. The fraction of sp³-hybridized carbons (Fsp3) is 0.900. The maximum Gasteiger partial charge on any atom is 0.389 e. The van der Waals surface area contributed by atoms with Crippen molar-refractivity contribution in [2.45, 2.75) is 44.3 Å². The Morgan fingerprint density at radius 1 is 1.35 bits per heavy atom. The molecule has 7 heteroatoms. The number of hydrogen-bond acceptors (Lipinski definition) is 1. The third kappa shape index (κ3) is 7.67. The first-order valence-electron chi connectivity index (χ1n) is 5.49. The summed E-state index contributed by atoms with van der Waals surface area (Å²) in [4.78, 5) is 5.95. The molecule has 0 aliphatic heterocycles. The number of alkyl halides is 3.